The third-order valence-electron chi connectivity index (χ3n) is 3.54. The molecule has 15 heavy (non-hydrogen) atoms. The highest BCUT2D eigenvalue weighted by Gasteiger charge is 2.52. The van der Waals surface area contributed by atoms with Gasteiger partial charge < -0.3 is 10.1 Å². The molecule has 80 valence electrons. The summed E-state index contributed by atoms with van der Waals surface area (Å²) in [5.41, 5.74) is 0. The molecular formula is C12H14FNO. The Morgan fingerprint density at radius 1 is 1.27 bits per heavy atom. The monoisotopic (exact) mass is 207 g/mol. The van der Waals surface area contributed by atoms with Gasteiger partial charge in [-0.25, -0.2) is 4.39 Å². The van der Waals surface area contributed by atoms with Crippen LogP contribution in [-0.4, -0.2) is 19.7 Å². The minimum absolute atomic E-state index is 0.263. The van der Waals surface area contributed by atoms with Gasteiger partial charge in [-0.2, -0.15) is 0 Å². The average molecular weight is 207 g/mol. The Bertz CT molecular complexity index is 358. The van der Waals surface area contributed by atoms with Gasteiger partial charge >= 0.3 is 0 Å². The molecule has 1 aliphatic heterocycles. The van der Waals surface area contributed by atoms with E-state index in [0.717, 1.165) is 24.9 Å². The molecule has 1 heterocycles. The summed E-state index contributed by atoms with van der Waals surface area (Å²) in [5.74, 6) is 2.32. The SMILES string of the molecule is Fc1ccccc1OCC1C2CNCC21. The topological polar surface area (TPSA) is 21.3 Å². The van der Waals surface area contributed by atoms with Gasteiger partial charge in [0.25, 0.3) is 0 Å². The van der Waals surface area contributed by atoms with Crippen LogP contribution in [-0.2, 0) is 0 Å². The summed E-state index contributed by atoms with van der Waals surface area (Å²) in [6, 6.07) is 6.60. The predicted octanol–water partition coefficient (Wildman–Crippen LogP) is 1.67. The fraction of sp³-hybridized carbons (Fsp3) is 0.500. The maximum atomic E-state index is 13.2. The molecular weight excluding hydrogens is 193 g/mol. The molecule has 2 nitrogen and oxygen atoms in total. The van der Waals surface area contributed by atoms with Crippen molar-refractivity contribution >= 4 is 0 Å². The Labute approximate surface area is 88.4 Å². The van der Waals surface area contributed by atoms with Gasteiger partial charge in [0.1, 0.15) is 0 Å². The van der Waals surface area contributed by atoms with Crippen LogP contribution in [0, 0.1) is 23.6 Å². The Morgan fingerprint density at radius 2 is 2.00 bits per heavy atom. The zero-order valence-corrected chi connectivity index (χ0v) is 8.45. The highest BCUT2D eigenvalue weighted by Crippen LogP contribution is 2.48. The standard InChI is InChI=1S/C12H14FNO/c13-11-3-1-2-4-12(11)15-7-10-8-5-14-6-9(8)10/h1-4,8-10,14H,5-7H2. The Hall–Kier alpha value is -1.09. The molecule has 0 spiro atoms. The first kappa shape index (κ1) is 9.16. The molecule has 0 amide bonds. The van der Waals surface area contributed by atoms with E-state index < -0.39 is 0 Å². The first-order valence-electron chi connectivity index (χ1n) is 5.44. The molecule has 1 saturated carbocycles. The molecule has 3 rings (SSSR count). The van der Waals surface area contributed by atoms with Crippen molar-refractivity contribution in [3.8, 4) is 5.75 Å². The number of fused-ring (bicyclic) bond motifs is 1. The maximum absolute atomic E-state index is 13.2. The van der Waals surface area contributed by atoms with Crippen molar-refractivity contribution < 1.29 is 9.13 Å². The summed E-state index contributed by atoms with van der Waals surface area (Å²) in [7, 11) is 0. The number of nitrogens with one attached hydrogen (secondary N) is 1. The van der Waals surface area contributed by atoms with Crippen LogP contribution in [0.25, 0.3) is 0 Å². The smallest absolute Gasteiger partial charge is 0.165 e. The van der Waals surface area contributed by atoms with E-state index in [4.69, 9.17) is 4.74 Å². The third kappa shape index (κ3) is 1.61. The van der Waals surface area contributed by atoms with Crippen LogP contribution in [0.15, 0.2) is 24.3 Å². The van der Waals surface area contributed by atoms with Crippen LogP contribution in [0.3, 0.4) is 0 Å². The van der Waals surface area contributed by atoms with Gasteiger partial charge in [0.05, 0.1) is 6.61 Å². The molecule has 1 aromatic carbocycles. The zero-order chi connectivity index (χ0) is 10.3. The third-order valence-corrected chi connectivity index (χ3v) is 3.54. The number of hydrogen-bond acceptors (Lipinski definition) is 2. The minimum Gasteiger partial charge on any atom is -0.490 e. The van der Waals surface area contributed by atoms with Crippen molar-refractivity contribution in [3.63, 3.8) is 0 Å². The molecule has 0 radical (unpaired) electrons. The van der Waals surface area contributed by atoms with E-state index in [1.807, 2.05) is 0 Å². The predicted molar refractivity (Wildman–Crippen MR) is 55.2 cm³/mol. The number of rotatable bonds is 3. The van der Waals surface area contributed by atoms with Crippen molar-refractivity contribution in [2.75, 3.05) is 19.7 Å². The first-order chi connectivity index (χ1) is 7.36. The van der Waals surface area contributed by atoms with E-state index in [1.165, 1.54) is 6.07 Å². The second-order valence-corrected chi connectivity index (χ2v) is 4.39. The van der Waals surface area contributed by atoms with Crippen LogP contribution in [0.5, 0.6) is 5.75 Å². The van der Waals surface area contributed by atoms with Crippen molar-refractivity contribution in [2.24, 2.45) is 17.8 Å². The quantitative estimate of drug-likeness (QED) is 0.814. The Kier molecular flexibility index (Phi) is 2.13. The summed E-state index contributed by atoms with van der Waals surface area (Å²) in [6.07, 6.45) is 0. The lowest BCUT2D eigenvalue weighted by molar-refractivity contribution is 0.268. The molecule has 2 unspecified atom stereocenters. The van der Waals surface area contributed by atoms with E-state index in [1.54, 1.807) is 18.2 Å². The van der Waals surface area contributed by atoms with Crippen molar-refractivity contribution in [1.82, 2.24) is 5.32 Å². The molecule has 1 aliphatic carbocycles. The van der Waals surface area contributed by atoms with Gasteiger partial charge in [0.15, 0.2) is 11.6 Å². The average Bonchev–Trinajstić information content (AvgIpc) is 2.71. The van der Waals surface area contributed by atoms with E-state index in [2.05, 4.69) is 5.32 Å². The molecule has 0 bridgehead atoms. The van der Waals surface area contributed by atoms with Gasteiger partial charge in [-0.05, 0) is 37.1 Å². The number of piperidine rings is 1. The van der Waals surface area contributed by atoms with E-state index >= 15 is 0 Å². The van der Waals surface area contributed by atoms with Crippen LogP contribution >= 0.6 is 0 Å². The van der Waals surface area contributed by atoms with E-state index in [-0.39, 0.29) is 5.82 Å². The van der Waals surface area contributed by atoms with E-state index in [0.29, 0.717) is 18.3 Å². The molecule has 0 aromatic heterocycles. The van der Waals surface area contributed by atoms with E-state index in [9.17, 15) is 4.39 Å². The Balaban J connectivity index is 1.57. The number of halogens is 1. The normalized spacial score (nSPS) is 32.5. The summed E-state index contributed by atoms with van der Waals surface area (Å²) < 4.78 is 18.7. The zero-order valence-electron chi connectivity index (χ0n) is 8.45. The lowest BCUT2D eigenvalue weighted by atomic mass is 10.3. The van der Waals surface area contributed by atoms with Gasteiger partial charge in [0, 0.05) is 5.92 Å². The molecule has 2 fully saturated rings. The summed E-state index contributed by atoms with van der Waals surface area (Å²) in [4.78, 5) is 0. The second kappa shape index (κ2) is 3.49. The molecule has 1 aromatic rings. The largest absolute Gasteiger partial charge is 0.490 e. The van der Waals surface area contributed by atoms with Crippen molar-refractivity contribution in [3.05, 3.63) is 30.1 Å². The van der Waals surface area contributed by atoms with Crippen LogP contribution in [0.2, 0.25) is 0 Å². The van der Waals surface area contributed by atoms with Gasteiger partial charge in [0.2, 0.25) is 0 Å². The lowest BCUT2D eigenvalue weighted by Gasteiger charge is -2.08. The van der Waals surface area contributed by atoms with Gasteiger partial charge in [-0.15, -0.1) is 0 Å². The first-order valence-corrected chi connectivity index (χ1v) is 5.44. The molecule has 1 N–H and O–H groups in total. The number of para-hydroxylation sites is 1. The number of hydrogen-bond donors (Lipinski definition) is 1. The molecule has 1 saturated heterocycles. The van der Waals surface area contributed by atoms with Gasteiger partial charge in [-0.3, -0.25) is 0 Å². The van der Waals surface area contributed by atoms with Crippen LogP contribution in [0.4, 0.5) is 4.39 Å². The number of ether oxygens (including phenoxy) is 1. The molecule has 2 atom stereocenters. The van der Waals surface area contributed by atoms with Crippen molar-refractivity contribution in [2.45, 2.75) is 0 Å². The fourth-order valence-electron chi connectivity index (χ4n) is 2.54. The summed E-state index contributed by atoms with van der Waals surface area (Å²) >= 11 is 0. The second-order valence-electron chi connectivity index (χ2n) is 4.39. The summed E-state index contributed by atoms with van der Waals surface area (Å²) in [5, 5.41) is 3.33. The van der Waals surface area contributed by atoms with Crippen LogP contribution in [0.1, 0.15) is 0 Å². The highest BCUT2D eigenvalue weighted by molar-refractivity contribution is 5.23. The summed E-state index contributed by atoms with van der Waals surface area (Å²) in [6.45, 7) is 2.88. The maximum Gasteiger partial charge on any atom is 0.165 e. The Morgan fingerprint density at radius 3 is 2.73 bits per heavy atom. The number of benzene rings is 1. The van der Waals surface area contributed by atoms with Crippen molar-refractivity contribution in [1.29, 1.82) is 0 Å². The minimum atomic E-state index is -0.263. The molecule has 3 heteroatoms. The lowest BCUT2D eigenvalue weighted by Crippen LogP contribution is -2.17. The fourth-order valence-corrected chi connectivity index (χ4v) is 2.54. The molecule has 2 aliphatic rings. The highest BCUT2D eigenvalue weighted by atomic mass is 19.1. The van der Waals surface area contributed by atoms with Crippen LogP contribution < -0.4 is 10.1 Å². The van der Waals surface area contributed by atoms with Gasteiger partial charge in [-0.1, -0.05) is 12.1 Å².